The van der Waals surface area contributed by atoms with Crippen LogP contribution in [0.5, 0.6) is 0 Å². The average Bonchev–Trinajstić information content (AvgIpc) is 2.46. The summed E-state index contributed by atoms with van der Waals surface area (Å²) in [6, 6.07) is 2.73. The van der Waals surface area contributed by atoms with Gasteiger partial charge in [0.05, 0.1) is 17.0 Å². The van der Waals surface area contributed by atoms with Crippen molar-refractivity contribution in [3.05, 3.63) is 39.7 Å². The van der Waals surface area contributed by atoms with E-state index in [2.05, 4.69) is 5.32 Å². The van der Waals surface area contributed by atoms with Gasteiger partial charge >= 0.3 is 0 Å². The van der Waals surface area contributed by atoms with Crippen LogP contribution < -0.4 is 5.32 Å². The van der Waals surface area contributed by atoms with E-state index in [1.54, 1.807) is 6.92 Å². The summed E-state index contributed by atoms with van der Waals surface area (Å²) >= 11 is 0. The number of hydrogen-bond acceptors (Lipinski definition) is 4. The summed E-state index contributed by atoms with van der Waals surface area (Å²) in [4.78, 5) is 34.8. The molecule has 0 bridgehead atoms. The molecule has 0 heterocycles. The molecule has 7 nitrogen and oxygen atoms in total. The lowest BCUT2D eigenvalue weighted by Gasteiger charge is -2.21. The van der Waals surface area contributed by atoms with Crippen molar-refractivity contribution in [2.75, 3.05) is 20.1 Å². The standard InChI is InChI=1S/C13H16FN3O4/c1-3-6-16(8-12(18)15-2)13(19)10-7-9(17(20)21)4-5-11(10)14/h4-5,7H,3,6,8H2,1-2H3,(H,15,18). The van der Waals surface area contributed by atoms with E-state index in [1.807, 2.05) is 0 Å². The Labute approximate surface area is 120 Å². The Morgan fingerprint density at radius 3 is 2.62 bits per heavy atom. The van der Waals surface area contributed by atoms with Gasteiger partial charge in [-0.1, -0.05) is 6.92 Å². The van der Waals surface area contributed by atoms with Crippen molar-refractivity contribution in [2.24, 2.45) is 0 Å². The maximum absolute atomic E-state index is 13.7. The third-order valence-electron chi connectivity index (χ3n) is 2.79. The maximum atomic E-state index is 13.7. The van der Waals surface area contributed by atoms with Crippen molar-refractivity contribution in [1.82, 2.24) is 10.2 Å². The zero-order valence-corrected chi connectivity index (χ0v) is 11.8. The number of halogens is 1. The van der Waals surface area contributed by atoms with Gasteiger partial charge in [-0.15, -0.1) is 0 Å². The summed E-state index contributed by atoms with van der Waals surface area (Å²) in [5.41, 5.74) is -0.794. The van der Waals surface area contributed by atoms with E-state index >= 15 is 0 Å². The van der Waals surface area contributed by atoms with Crippen LogP contribution in [-0.4, -0.2) is 41.8 Å². The Morgan fingerprint density at radius 1 is 1.43 bits per heavy atom. The lowest BCUT2D eigenvalue weighted by molar-refractivity contribution is -0.384. The van der Waals surface area contributed by atoms with E-state index < -0.39 is 28.1 Å². The highest BCUT2D eigenvalue weighted by atomic mass is 19.1. The number of non-ortho nitro benzene ring substituents is 1. The molecule has 114 valence electrons. The van der Waals surface area contributed by atoms with Crippen molar-refractivity contribution in [3.8, 4) is 0 Å². The molecule has 0 spiro atoms. The van der Waals surface area contributed by atoms with Gasteiger partial charge in [0.25, 0.3) is 11.6 Å². The van der Waals surface area contributed by atoms with Gasteiger partial charge in [0.15, 0.2) is 0 Å². The summed E-state index contributed by atoms with van der Waals surface area (Å²) in [5, 5.41) is 13.1. The van der Waals surface area contributed by atoms with Gasteiger partial charge in [-0.3, -0.25) is 19.7 Å². The van der Waals surface area contributed by atoms with E-state index in [1.165, 1.54) is 7.05 Å². The fourth-order valence-corrected chi connectivity index (χ4v) is 1.74. The predicted octanol–water partition coefficient (Wildman–Crippen LogP) is 1.33. The number of likely N-dealkylation sites (N-methyl/N-ethyl adjacent to an activating group) is 1. The number of carbonyl (C=O) groups excluding carboxylic acids is 2. The molecule has 0 aliphatic heterocycles. The molecule has 1 rings (SSSR count). The number of amides is 2. The summed E-state index contributed by atoms with van der Waals surface area (Å²) in [7, 11) is 1.42. The van der Waals surface area contributed by atoms with Gasteiger partial charge < -0.3 is 10.2 Å². The molecule has 0 radical (unpaired) electrons. The molecule has 21 heavy (non-hydrogen) atoms. The monoisotopic (exact) mass is 297 g/mol. The largest absolute Gasteiger partial charge is 0.358 e. The van der Waals surface area contributed by atoms with Gasteiger partial charge in [0.1, 0.15) is 5.82 Å². The molecule has 0 aromatic heterocycles. The zero-order valence-electron chi connectivity index (χ0n) is 11.8. The molecule has 1 aromatic rings. The molecule has 0 saturated carbocycles. The normalized spacial score (nSPS) is 10.0. The molecular weight excluding hydrogens is 281 g/mol. The molecule has 0 unspecified atom stereocenters. The van der Waals surface area contributed by atoms with Crippen molar-refractivity contribution in [2.45, 2.75) is 13.3 Å². The number of carbonyl (C=O) groups is 2. The molecule has 0 atom stereocenters. The first-order valence-corrected chi connectivity index (χ1v) is 6.34. The number of benzene rings is 1. The van der Waals surface area contributed by atoms with Crippen molar-refractivity contribution in [3.63, 3.8) is 0 Å². The highest BCUT2D eigenvalue weighted by molar-refractivity contribution is 5.97. The predicted molar refractivity (Wildman–Crippen MR) is 73.3 cm³/mol. The highest BCUT2D eigenvalue weighted by Gasteiger charge is 2.23. The highest BCUT2D eigenvalue weighted by Crippen LogP contribution is 2.18. The fourth-order valence-electron chi connectivity index (χ4n) is 1.74. The van der Waals surface area contributed by atoms with Crippen LogP contribution in [0.25, 0.3) is 0 Å². The molecule has 0 aliphatic rings. The van der Waals surface area contributed by atoms with Gasteiger partial charge in [-0.2, -0.15) is 0 Å². The van der Waals surface area contributed by atoms with Crippen LogP contribution in [0.2, 0.25) is 0 Å². The van der Waals surface area contributed by atoms with Crippen LogP contribution in [0.4, 0.5) is 10.1 Å². The van der Waals surface area contributed by atoms with E-state index in [0.717, 1.165) is 23.1 Å². The summed E-state index contributed by atoms with van der Waals surface area (Å²) < 4.78 is 13.7. The number of rotatable bonds is 6. The van der Waals surface area contributed by atoms with Crippen LogP contribution in [0.15, 0.2) is 18.2 Å². The summed E-state index contributed by atoms with van der Waals surface area (Å²) in [6.07, 6.45) is 0.569. The Bertz CT molecular complexity index is 562. The van der Waals surface area contributed by atoms with Gasteiger partial charge in [-0.05, 0) is 12.5 Å². The SMILES string of the molecule is CCCN(CC(=O)NC)C(=O)c1cc([N+](=O)[O-])ccc1F. The third-order valence-corrected chi connectivity index (χ3v) is 2.79. The van der Waals surface area contributed by atoms with Crippen molar-refractivity contribution in [1.29, 1.82) is 0 Å². The second-order valence-corrected chi connectivity index (χ2v) is 4.32. The topological polar surface area (TPSA) is 92.6 Å². The first-order chi connectivity index (χ1) is 9.90. The first-order valence-electron chi connectivity index (χ1n) is 6.34. The van der Waals surface area contributed by atoms with Crippen LogP contribution in [0, 0.1) is 15.9 Å². The second-order valence-electron chi connectivity index (χ2n) is 4.32. The van der Waals surface area contributed by atoms with E-state index in [4.69, 9.17) is 0 Å². The van der Waals surface area contributed by atoms with Crippen LogP contribution in [-0.2, 0) is 4.79 Å². The minimum atomic E-state index is -0.858. The molecular formula is C13H16FN3O4. The minimum Gasteiger partial charge on any atom is -0.358 e. The quantitative estimate of drug-likeness (QED) is 0.633. The number of nitrogens with one attached hydrogen (secondary N) is 1. The summed E-state index contributed by atoms with van der Waals surface area (Å²) in [5.74, 6) is -2.01. The zero-order chi connectivity index (χ0) is 16.0. The van der Waals surface area contributed by atoms with Gasteiger partial charge in [0.2, 0.25) is 5.91 Å². The number of nitro benzene ring substituents is 1. The third kappa shape index (κ3) is 4.23. The number of hydrogen-bond donors (Lipinski definition) is 1. The Hall–Kier alpha value is -2.51. The summed E-state index contributed by atoms with van der Waals surface area (Å²) in [6.45, 7) is 1.81. The van der Waals surface area contributed by atoms with E-state index in [-0.39, 0.29) is 18.8 Å². The maximum Gasteiger partial charge on any atom is 0.270 e. The molecule has 0 saturated heterocycles. The first kappa shape index (κ1) is 16.5. The van der Waals surface area contributed by atoms with Crippen LogP contribution in [0.3, 0.4) is 0 Å². The molecule has 0 fully saturated rings. The van der Waals surface area contributed by atoms with E-state index in [9.17, 15) is 24.1 Å². The number of nitro groups is 1. The minimum absolute atomic E-state index is 0.231. The molecule has 0 aliphatic carbocycles. The average molecular weight is 297 g/mol. The Morgan fingerprint density at radius 2 is 2.10 bits per heavy atom. The second kappa shape index (κ2) is 7.32. The van der Waals surface area contributed by atoms with Crippen LogP contribution >= 0.6 is 0 Å². The van der Waals surface area contributed by atoms with Crippen LogP contribution in [0.1, 0.15) is 23.7 Å². The fraction of sp³-hybridized carbons (Fsp3) is 0.385. The molecule has 2 amide bonds. The van der Waals surface area contributed by atoms with E-state index in [0.29, 0.717) is 6.42 Å². The number of nitrogens with zero attached hydrogens (tertiary/aromatic N) is 2. The molecule has 1 N–H and O–H groups in total. The van der Waals surface area contributed by atoms with Gasteiger partial charge in [0, 0.05) is 25.7 Å². The van der Waals surface area contributed by atoms with Crippen molar-refractivity contribution >= 4 is 17.5 Å². The van der Waals surface area contributed by atoms with Crippen molar-refractivity contribution < 1.29 is 18.9 Å². The lowest BCUT2D eigenvalue weighted by atomic mass is 10.1. The Balaban J connectivity index is 3.10. The Kier molecular flexibility index (Phi) is 5.77. The molecule has 8 heteroatoms. The smallest absolute Gasteiger partial charge is 0.270 e. The lowest BCUT2D eigenvalue weighted by Crippen LogP contribution is -2.40. The van der Waals surface area contributed by atoms with Gasteiger partial charge in [-0.25, -0.2) is 4.39 Å². The molecule has 1 aromatic carbocycles.